The first-order valence-electron chi connectivity index (χ1n) is 3.26. The van der Waals surface area contributed by atoms with E-state index in [0.717, 1.165) is 0 Å². The normalized spacial score (nSPS) is 36.9. The third-order valence-electron chi connectivity index (χ3n) is 2.10. The summed E-state index contributed by atoms with van der Waals surface area (Å²) in [4.78, 5) is 10.4. The summed E-state index contributed by atoms with van der Waals surface area (Å²) in [7, 11) is 0. The number of carboxylic acid groups (broad SMARTS) is 1. The summed E-state index contributed by atoms with van der Waals surface area (Å²) in [5.74, 6) is -1.44. The van der Waals surface area contributed by atoms with E-state index in [1.54, 1.807) is 0 Å². The minimum absolute atomic E-state index is 0.111. The van der Waals surface area contributed by atoms with Gasteiger partial charge in [-0.2, -0.15) is 0 Å². The van der Waals surface area contributed by atoms with Gasteiger partial charge in [0, 0.05) is 6.04 Å². The van der Waals surface area contributed by atoms with Crippen LogP contribution in [0.5, 0.6) is 0 Å². The highest BCUT2D eigenvalue weighted by atomic mass is 19.3. The molecule has 5 heteroatoms. The second kappa shape index (κ2) is 2.41. The Bertz CT molecular complexity index is 177. The molecule has 1 aliphatic rings. The molecule has 0 spiro atoms. The van der Waals surface area contributed by atoms with Crippen molar-refractivity contribution in [2.45, 2.75) is 25.3 Å². The molecular weight excluding hydrogens is 156 g/mol. The Morgan fingerprint density at radius 2 is 2.09 bits per heavy atom. The van der Waals surface area contributed by atoms with Crippen LogP contribution in [-0.4, -0.2) is 23.5 Å². The lowest BCUT2D eigenvalue weighted by atomic mass is 9.66. The molecule has 64 valence electrons. The Kier molecular flexibility index (Phi) is 1.83. The quantitative estimate of drug-likeness (QED) is 0.624. The van der Waals surface area contributed by atoms with E-state index in [0.29, 0.717) is 0 Å². The molecule has 0 saturated heterocycles. The lowest BCUT2D eigenvalue weighted by Gasteiger charge is -2.41. The Labute approximate surface area is 62.2 Å². The van der Waals surface area contributed by atoms with E-state index in [9.17, 15) is 13.6 Å². The van der Waals surface area contributed by atoms with E-state index in [4.69, 9.17) is 10.8 Å². The lowest BCUT2D eigenvalue weighted by molar-refractivity contribution is -0.171. The predicted octanol–water partition coefficient (Wildman–Crippen LogP) is 0.444. The van der Waals surface area contributed by atoms with Crippen molar-refractivity contribution in [3.8, 4) is 0 Å². The van der Waals surface area contributed by atoms with Crippen molar-refractivity contribution >= 4 is 5.97 Å². The number of halogens is 2. The van der Waals surface area contributed by atoms with Crippen LogP contribution in [0.4, 0.5) is 8.78 Å². The second-order valence-corrected chi connectivity index (χ2v) is 2.93. The van der Waals surface area contributed by atoms with Gasteiger partial charge in [0.15, 0.2) is 0 Å². The van der Waals surface area contributed by atoms with Gasteiger partial charge in [-0.3, -0.25) is 4.79 Å². The number of alkyl halides is 2. The monoisotopic (exact) mass is 165 g/mol. The van der Waals surface area contributed by atoms with Crippen LogP contribution < -0.4 is 5.73 Å². The fourth-order valence-corrected chi connectivity index (χ4v) is 1.32. The molecule has 1 fully saturated rings. The zero-order valence-electron chi connectivity index (χ0n) is 5.76. The summed E-state index contributed by atoms with van der Waals surface area (Å²) in [5.41, 5.74) is 3.39. The second-order valence-electron chi connectivity index (χ2n) is 2.93. The molecule has 3 N–H and O–H groups in total. The molecule has 1 aliphatic carbocycles. The Hall–Kier alpha value is -0.710. The standard InChI is InChI=1S/C6H9F2NO2/c7-4(8)6(5(10)11)1-3(9)2-6/h3-4H,1-2,9H2,(H,10,11). The minimum atomic E-state index is -2.81. The van der Waals surface area contributed by atoms with E-state index < -0.39 is 17.8 Å². The molecule has 0 aliphatic heterocycles. The first-order valence-corrected chi connectivity index (χ1v) is 3.26. The van der Waals surface area contributed by atoms with E-state index in [2.05, 4.69) is 0 Å². The van der Waals surface area contributed by atoms with Gasteiger partial charge in [-0.25, -0.2) is 8.78 Å². The Morgan fingerprint density at radius 3 is 2.18 bits per heavy atom. The fourth-order valence-electron chi connectivity index (χ4n) is 1.32. The number of nitrogens with two attached hydrogens (primary N) is 1. The van der Waals surface area contributed by atoms with Gasteiger partial charge >= 0.3 is 5.97 Å². The van der Waals surface area contributed by atoms with Gasteiger partial charge in [-0.1, -0.05) is 0 Å². The molecule has 0 bridgehead atoms. The van der Waals surface area contributed by atoms with Crippen LogP contribution in [0.1, 0.15) is 12.8 Å². The maximum absolute atomic E-state index is 12.1. The predicted molar refractivity (Wildman–Crippen MR) is 33.3 cm³/mol. The summed E-state index contributed by atoms with van der Waals surface area (Å²) in [6, 6.07) is -0.375. The van der Waals surface area contributed by atoms with Crippen LogP contribution in [0, 0.1) is 5.41 Å². The van der Waals surface area contributed by atoms with Crippen LogP contribution >= 0.6 is 0 Å². The van der Waals surface area contributed by atoms with Gasteiger partial charge < -0.3 is 10.8 Å². The van der Waals surface area contributed by atoms with Gasteiger partial charge in [0.2, 0.25) is 0 Å². The maximum Gasteiger partial charge on any atom is 0.315 e. The van der Waals surface area contributed by atoms with Crippen molar-refractivity contribution < 1.29 is 18.7 Å². The highest BCUT2D eigenvalue weighted by molar-refractivity contribution is 5.76. The zero-order valence-corrected chi connectivity index (χ0v) is 5.76. The van der Waals surface area contributed by atoms with Crippen molar-refractivity contribution in [1.82, 2.24) is 0 Å². The van der Waals surface area contributed by atoms with Gasteiger partial charge in [0.25, 0.3) is 6.43 Å². The summed E-state index contributed by atoms with van der Waals surface area (Å²) < 4.78 is 24.2. The third-order valence-corrected chi connectivity index (χ3v) is 2.10. The highest BCUT2D eigenvalue weighted by Crippen LogP contribution is 2.45. The van der Waals surface area contributed by atoms with E-state index >= 15 is 0 Å². The maximum atomic E-state index is 12.1. The van der Waals surface area contributed by atoms with Crippen LogP contribution in [0.15, 0.2) is 0 Å². The SMILES string of the molecule is NC1CC(C(=O)O)(C(F)F)C1. The van der Waals surface area contributed by atoms with Gasteiger partial charge in [-0.15, -0.1) is 0 Å². The molecule has 0 amide bonds. The van der Waals surface area contributed by atoms with Crippen molar-refractivity contribution in [3.05, 3.63) is 0 Å². The number of hydrogen-bond donors (Lipinski definition) is 2. The van der Waals surface area contributed by atoms with Crippen molar-refractivity contribution in [2.75, 3.05) is 0 Å². The van der Waals surface area contributed by atoms with Crippen molar-refractivity contribution in [2.24, 2.45) is 11.1 Å². The van der Waals surface area contributed by atoms with Crippen LogP contribution in [0.3, 0.4) is 0 Å². The highest BCUT2D eigenvalue weighted by Gasteiger charge is 2.56. The summed E-state index contributed by atoms with van der Waals surface area (Å²) >= 11 is 0. The molecule has 1 rings (SSSR count). The van der Waals surface area contributed by atoms with Crippen molar-refractivity contribution in [1.29, 1.82) is 0 Å². The molecule has 0 radical (unpaired) electrons. The van der Waals surface area contributed by atoms with Gasteiger partial charge in [0.05, 0.1) is 0 Å². The van der Waals surface area contributed by atoms with Gasteiger partial charge in [0.1, 0.15) is 5.41 Å². The number of carbonyl (C=O) groups is 1. The molecule has 0 aromatic rings. The number of aliphatic carboxylic acids is 1. The molecule has 1 saturated carbocycles. The van der Waals surface area contributed by atoms with Gasteiger partial charge in [-0.05, 0) is 12.8 Å². The molecule has 0 atom stereocenters. The summed E-state index contributed by atoms with van der Waals surface area (Å²) in [6.07, 6.45) is -3.03. The molecule has 3 nitrogen and oxygen atoms in total. The molecule has 0 heterocycles. The van der Waals surface area contributed by atoms with E-state index in [-0.39, 0.29) is 18.9 Å². The molecule has 0 aromatic carbocycles. The first kappa shape index (κ1) is 8.39. The first-order chi connectivity index (χ1) is 4.99. The summed E-state index contributed by atoms with van der Waals surface area (Å²) in [5, 5.41) is 8.44. The molecular formula is C6H9F2NO2. The fraction of sp³-hybridized carbons (Fsp3) is 0.833. The molecule has 11 heavy (non-hydrogen) atoms. The minimum Gasteiger partial charge on any atom is -0.481 e. The molecule has 0 unspecified atom stereocenters. The van der Waals surface area contributed by atoms with Crippen LogP contribution in [-0.2, 0) is 4.79 Å². The average molecular weight is 165 g/mol. The Balaban J connectivity index is 2.69. The summed E-state index contributed by atoms with van der Waals surface area (Å²) in [6.45, 7) is 0. The Morgan fingerprint density at radius 1 is 1.64 bits per heavy atom. The smallest absolute Gasteiger partial charge is 0.315 e. The number of hydrogen-bond acceptors (Lipinski definition) is 2. The third kappa shape index (κ3) is 1.09. The van der Waals surface area contributed by atoms with Crippen LogP contribution in [0.25, 0.3) is 0 Å². The van der Waals surface area contributed by atoms with E-state index in [1.165, 1.54) is 0 Å². The molecule has 0 aromatic heterocycles. The topological polar surface area (TPSA) is 63.3 Å². The average Bonchev–Trinajstić information content (AvgIpc) is 1.78. The zero-order chi connectivity index (χ0) is 8.65. The lowest BCUT2D eigenvalue weighted by Crippen LogP contribution is -2.55. The number of carboxylic acids is 1. The largest absolute Gasteiger partial charge is 0.481 e. The van der Waals surface area contributed by atoms with Crippen molar-refractivity contribution in [3.63, 3.8) is 0 Å². The van der Waals surface area contributed by atoms with E-state index in [1.807, 2.05) is 0 Å². The van der Waals surface area contributed by atoms with Crippen LogP contribution in [0.2, 0.25) is 0 Å². The number of rotatable bonds is 2.